The number of nitrogens with one attached hydrogen (secondary N) is 1. The number of esters is 2. The first kappa shape index (κ1) is 29.5. The van der Waals surface area contributed by atoms with Crippen molar-refractivity contribution in [1.82, 2.24) is 5.32 Å². The van der Waals surface area contributed by atoms with Crippen LogP contribution in [0.2, 0.25) is 0 Å². The maximum absolute atomic E-state index is 13.1. The molecule has 11 heteroatoms. The van der Waals surface area contributed by atoms with E-state index in [2.05, 4.69) is 5.32 Å². The molecule has 0 aromatic heterocycles. The van der Waals surface area contributed by atoms with Gasteiger partial charge in [0, 0.05) is 24.5 Å². The minimum absolute atomic E-state index is 0.00239. The van der Waals surface area contributed by atoms with Gasteiger partial charge >= 0.3 is 11.9 Å². The van der Waals surface area contributed by atoms with Crippen molar-refractivity contribution in [2.24, 2.45) is 23.5 Å². The Labute approximate surface area is 204 Å². The van der Waals surface area contributed by atoms with E-state index in [-0.39, 0.29) is 49.8 Å². The summed E-state index contributed by atoms with van der Waals surface area (Å²) in [6.45, 7) is 7.00. The molecule has 35 heavy (non-hydrogen) atoms. The van der Waals surface area contributed by atoms with Gasteiger partial charge in [-0.1, -0.05) is 26.0 Å². The number of carbonyl (C=O) groups is 4. The first-order valence-electron chi connectivity index (χ1n) is 11.3. The number of nitro benzene ring substituents is 1. The van der Waals surface area contributed by atoms with E-state index in [0.29, 0.717) is 5.56 Å². The summed E-state index contributed by atoms with van der Waals surface area (Å²) >= 11 is 0. The number of carbonyl (C=O) groups excluding carboxylic acids is 4. The molecule has 0 aliphatic carbocycles. The molecular weight excluding hydrogens is 458 g/mol. The zero-order chi connectivity index (χ0) is 26.8. The Morgan fingerprint density at radius 2 is 1.74 bits per heavy atom. The second kappa shape index (κ2) is 13.4. The Morgan fingerprint density at radius 3 is 2.23 bits per heavy atom. The van der Waals surface area contributed by atoms with Gasteiger partial charge in [0.05, 0.1) is 29.9 Å². The van der Waals surface area contributed by atoms with E-state index >= 15 is 0 Å². The number of primary amides is 1. The van der Waals surface area contributed by atoms with Gasteiger partial charge in [-0.05, 0) is 38.2 Å². The topological polar surface area (TPSA) is 168 Å². The van der Waals surface area contributed by atoms with Crippen LogP contribution in [0.4, 0.5) is 5.69 Å². The number of amides is 2. The molecule has 1 unspecified atom stereocenters. The molecule has 0 saturated carbocycles. The molecule has 0 heterocycles. The molecule has 1 aromatic carbocycles. The largest absolute Gasteiger partial charge is 0.469 e. The molecule has 0 spiro atoms. The number of nitrogens with two attached hydrogens (primary N) is 1. The Hall–Kier alpha value is -3.50. The summed E-state index contributed by atoms with van der Waals surface area (Å²) in [5, 5.41) is 13.6. The predicted molar refractivity (Wildman–Crippen MR) is 127 cm³/mol. The summed E-state index contributed by atoms with van der Waals surface area (Å²) < 4.78 is 10.1. The van der Waals surface area contributed by atoms with Crippen LogP contribution < -0.4 is 11.1 Å². The molecule has 11 nitrogen and oxygen atoms in total. The molecule has 0 bridgehead atoms. The van der Waals surface area contributed by atoms with Crippen LogP contribution in [0.25, 0.3) is 0 Å². The maximum Gasteiger partial charge on any atom is 0.310 e. The Morgan fingerprint density at radius 1 is 1.14 bits per heavy atom. The van der Waals surface area contributed by atoms with Crippen molar-refractivity contribution in [3.05, 3.63) is 39.9 Å². The fourth-order valence-electron chi connectivity index (χ4n) is 3.48. The van der Waals surface area contributed by atoms with Crippen LogP contribution in [0.1, 0.15) is 52.5 Å². The third kappa shape index (κ3) is 10.5. The molecule has 0 aliphatic heterocycles. The molecule has 2 amide bonds. The summed E-state index contributed by atoms with van der Waals surface area (Å²) in [7, 11) is 1.25. The van der Waals surface area contributed by atoms with Crippen molar-refractivity contribution in [2.75, 3.05) is 13.7 Å². The fraction of sp³-hybridized carbons (Fsp3) is 0.583. The summed E-state index contributed by atoms with van der Waals surface area (Å²) in [6, 6.07) is 5.58. The molecule has 1 rings (SSSR count). The number of benzene rings is 1. The van der Waals surface area contributed by atoms with E-state index in [1.807, 2.05) is 13.8 Å². The molecule has 1 aromatic rings. The van der Waals surface area contributed by atoms with Gasteiger partial charge in [0.1, 0.15) is 6.61 Å². The highest BCUT2D eigenvalue weighted by Gasteiger charge is 2.33. The third-order valence-electron chi connectivity index (χ3n) is 5.50. The number of hydrogen-bond acceptors (Lipinski definition) is 8. The first-order valence-corrected chi connectivity index (χ1v) is 11.3. The molecular formula is C24H35N3O8. The second-order valence-electron chi connectivity index (χ2n) is 9.45. The number of nitro groups is 1. The smallest absolute Gasteiger partial charge is 0.310 e. The van der Waals surface area contributed by atoms with E-state index in [0.717, 1.165) is 0 Å². The lowest BCUT2D eigenvalue weighted by Crippen LogP contribution is -2.50. The lowest BCUT2D eigenvalue weighted by atomic mass is 9.83. The van der Waals surface area contributed by atoms with Crippen LogP contribution in [0.3, 0.4) is 0 Å². The lowest BCUT2D eigenvalue weighted by Gasteiger charge is -2.31. The first-order chi connectivity index (χ1) is 16.3. The van der Waals surface area contributed by atoms with E-state index in [1.165, 1.54) is 31.4 Å². The average Bonchev–Trinajstić information content (AvgIpc) is 2.77. The van der Waals surface area contributed by atoms with Gasteiger partial charge in [-0.25, -0.2) is 0 Å². The van der Waals surface area contributed by atoms with Gasteiger partial charge < -0.3 is 20.5 Å². The third-order valence-corrected chi connectivity index (χ3v) is 5.50. The molecule has 3 N–H and O–H groups in total. The van der Waals surface area contributed by atoms with Gasteiger partial charge in [0.2, 0.25) is 11.8 Å². The normalized spacial score (nSPS) is 13.0. The fourth-order valence-corrected chi connectivity index (χ4v) is 3.48. The zero-order valence-electron chi connectivity index (χ0n) is 20.9. The van der Waals surface area contributed by atoms with Crippen molar-refractivity contribution in [1.29, 1.82) is 0 Å². The highest BCUT2D eigenvalue weighted by atomic mass is 16.6. The Balaban J connectivity index is 2.73. The minimum Gasteiger partial charge on any atom is -0.469 e. The number of methoxy groups -OCH3 is 1. The Kier molecular flexibility index (Phi) is 11.3. The van der Waals surface area contributed by atoms with E-state index in [4.69, 9.17) is 15.2 Å². The minimum atomic E-state index is -0.899. The molecule has 0 aliphatic rings. The number of non-ortho nitro benzene ring substituents is 1. The zero-order valence-corrected chi connectivity index (χ0v) is 20.9. The van der Waals surface area contributed by atoms with Gasteiger partial charge in [0.25, 0.3) is 5.69 Å². The quantitative estimate of drug-likeness (QED) is 0.226. The molecule has 2 atom stereocenters. The number of hydrogen-bond donors (Lipinski definition) is 2. The van der Waals surface area contributed by atoms with Crippen molar-refractivity contribution < 1.29 is 33.6 Å². The summed E-state index contributed by atoms with van der Waals surface area (Å²) in [4.78, 5) is 58.8. The summed E-state index contributed by atoms with van der Waals surface area (Å²) in [6.07, 6.45) is 0.293. The summed E-state index contributed by atoms with van der Waals surface area (Å²) in [5.74, 6) is -3.24. The van der Waals surface area contributed by atoms with Gasteiger partial charge in [-0.15, -0.1) is 0 Å². The standard InChI is InChI=1S/C24H35N3O8/c1-15(2)19(13-17(23(31)34-5)8-11-20(25)28)22(30)26-24(3,4)14-35-21(29)12-16-6-9-18(10-7-16)27(32)33/h6-7,9-10,15,17,19H,8,11-14H2,1-5H3,(H2,25,28)(H,26,30)/t17-,19?/m1/s1. The highest BCUT2D eigenvalue weighted by Crippen LogP contribution is 2.26. The molecule has 0 saturated heterocycles. The van der Waals surface area contributed by atoms with Crippen molar-refractivity contribution in [3.63, 3.8) is 0 Å². The van der Waals surface area contributed by atoms with Gasteiger partial charge in [-0.2, -0.15) is 0 Å². The number of ether oxygens (including phenoxy) is 2. The number of rotatable bonds is 14. The van der Waals surface area contributed by atoms with Crippen LogP contribution in [-0.2, 0) is 35.1 Å². The number of nitrogens with zero attached hydrogens (tertiary/aromatic N) is 1. The van der Waals surface area contributed by atoms with Crippen LogP contribution in [-0.4, -0.2) is 47.9 Å². The van der Waals surface area contributed by atoms with Gasteiger partial charge in [0.15, 0.2) is 0 Å². The van der Waals surface area contributed by atoms with Crippen LogP contribution in [0.5, 0.6) is 0 Å². The lowest BCUT2D eigenvalue weighted by molar-refractivity contribution is -0.384. The Bertz CT molecular complexity index is 912. The van der Waals surface area contributed by atoms with Crippen molar-refractivity contribution >= 4 is 29.4 Å². The molecule has 0 fully saturated rings. The predicted octanol–water partition coefficient (Wildman–Crippen LogP) is 2.29. The van der Waals surface area contributed by atoms with E-state index < -0.39 is 40.1 Å². The highest BCUT2D eigenvalue weighted by molar-refractivity contribution is 5.81. The molecule has 0 radical (unpaired) electrons. The monoisotopic (exact) mass is 493 g/mol. The average molecular weight is 494 g/mol. The van der Waals surface area contributed by atoms with Crippen LogP contribution >= 0.6 is 0 Å². The van der Waals surface area contributed by atoms with Crippen LogP contribution in [0.15, 0.2) is 24.3 Å². The molecule has 194 valence electrons. The maximum atomic E-state index is 13.1. The SMILES string of the molecule is COC(=O)[C@H](CCC(N)=O)CC(C(=O)NC(C)(C)COC(=O)Cc1ccc([N+](=O)[O-])cc1)C(C)C. The van der Waals surface area contributed by atoms with Gasteiger partial charge in [-0.3, -0.25) is 29.3 Å². The van der Waals surface area contributed by atoms with Crippen LogP contribution in [0, 0.1) is 27.9 Å². The second-order valence-corrected chi connectivity index (χ2v) is 9.45. The van der Waals surface area contributed by atoms with E-state index in [1.54, 1.807) is 13.8 Å². The summed E-state index contributed by atoms with van der Waals surface area (Å²) in [5.41, 5.74) is 4.79. The van der Waals surface area contributed by atoms with Crippen molar-refractivity contribution in [3.8, 4) is 0 Å². The van der Waals surface area contributed by atoms with Crippen molar-refractivity contribution in [2.45, 2.75) is 58.9 Å². The van der Waals surface area contributed by atoms with E-state index in [9.17, 15) is 29.3 Å².